The molecular formula is C53H31N15. The molecule has 15 nitrogen and oxygen atoms in total. The molecule has 1 aliphatic heterocycles. The van der Waals surface area contributed by atoms with Crippen LogP contribution in [0.3, 0.4) is 0 Å². The van der Waals surface area contributed by atoms with Crippen molar-refractivity contribution in [2.45, 2.75) is 5.54 Å². The molecular weight excluding hydrogens is 847 g/mol. The van der Waals surface area contributed by atoms with Crippen molar-refractivity contribution in [2.24, 2.45) is 5.10 Å². The second kappa shape index (κ2) is 15.7. The molecule has 7 aromatic heterocycles. The van der Waals surface area contributed by atoms with E-state index in [1.165, 1.54) is 0 Å². The number of hydrogen-bond donors (Lipinski definition) is 1. The third-order valence-corrected chi connectivity index (χ3v) is 12.3. The SMILES string of the molecule is c1cnc(-c2c(-c3ccnnn3)c(-c3ccc4ccccc4n3)c(-c3nccc4ccccc34)c3c2C(c2cccnn2)(c2cc4ccccc4nn2)NN=C3c2ncc3ccccc3n2)nc1. The van der Waals surface area contributed by atoms with Crippen molar-refractivity contribution in [3.05, 3.63) is 211 Å². The Balaban J connectivity index is 1.33. The van der Waals surface area contributed by atoms with Crippen molar-refractivity contribution in [3.8, 4) is 45.2 Å². The van der Waals surface area contributed by atoms with Gasteiger partial charge in [-0.3, -0.25) is 10.4 Å². The number of para-hydroxylation sites is 2. The van der Waals surface area contributed by atoms with Crippen LogP contribution in [0.15, 0.2) is 188 Å². The summed E-state index contributed by atoms with van der Waals surface area (Å²) in [4.78, 5) is 31.1. The van der Waals surface area contributed by atoms with Gasteiger partial charge in [-0.05, 0) is 71.3 Å². The molecule has 0 bridgehead atoms. The molecule has 0 saturated carbocycles. The highest BCUT2D eigenvalue weighted by molar-refractivity contribution is 6.23. The highest BCUT2D eigenvalue weighted by Gasteiger charge is 2.51. The summed E-state index contributed by atoms with van der Waals surface area (Å²) in [6, 6.07) is 47.2. The van der Waals surface area contributed by atoms with Crippen LogP contribution >= 0.6 is 0 Å². The largest absolute Gasteiger partial charge is 0.286 e. The van der Waals surface area contributed by atoms with E-state index in [1.807, 2.05) is 134 Å². The van der Waals surface area contributed by atoms with Crippen LogP contribution < -0.4 is 5.43 Å². The first-order valence-electron chi connectivity index (χ1n) is 21.7. The maximum atomic E-state index is 5.44. The maximum absolute atomic E-state index is 5.44. The zero-order valence-corrected chi connectivity index (χ0v) is 35.6. The van der Waals surface area contributed by atoms with Gasteiger partial charge in [-0.1, -0.05) is 84.9 Å². The normalized spacial score (nSPS) is 14.4. The van der Waals surface area contributed by atoms with Gasteiger partial charge in [0.25, 0.3) is 0 Å². The molecule has 0 saturated heterocycles. The van der Waals surface area contributed by atoms with Crippen LogP contribution in [0, 0.1) is 0 Å². The molecule has 12 aromatic rings. The molecule has 8 heterocycles. The van der Waals surface area contributed by atoms with Crippen LogP contribution in [0.25, 0.3) is 88.6 Å². The molecule has 15 heteroatoms. The summed E-state index contributed by atoms with van der Waals surface area (Å²) in [6.07, 6.45) is 10.3. The number of benzene rings is 5. The Labute approximate surface area is 385 Å². The van der Waals surface area contributed by atoms with E-state index in [0.29, 0.717) is 84.7 Å². The molecule has 0 amide bonds. The summed E-state index contributed by atoms with van der Waals surface area (Å²) in [5.41, 5.74) is 10.8. The van der Waals surface area contributed by atoms with Gasteiger partial charge >= 0.3 is 0 Å². The van der Waals surface area contributed by atoms with E-state index in [9.17, 15) is 0 Å². The van der Waals surface area contributed by atoms with Crippen molar-refractivity contribution in [1.29, 1.82) is 0 Å². The van der Waals surface area contributed by atoms with Crippen molar-refractivity contribution < 1.29 is 0 Å². The quantitative estimate of drug-likeness (QED) is 0.160. The lowest BCUT2D eigenvalue weighted by Gasteiger charge is -2.40. The van der Waals surface area contributed by atoms with Crippen molar-refractivity contribution in [2.75, 3.05) is 0 Å². The molecule has 0 aliphatic carbocycles. The topological polar surface area (TPSA) is 192 Å². The Morgan fingerprint density at radius 1 is 0.412 bits per heavy atom. The van der Waals surface area contributed by atoms with Gasteiger partial charge < -0.3 is 0 Å². The van der Waals surface area contributed by atoms with Crippen LogP contribution in [0.4, 0.5) is 0 Å². The van der Waals surface area contributed by atoms with Gasteiger partial charge in [-0.25, -0.2) is 24.9 Å². The lowest BCUT2D eigenvalue weighted by atomic mass is 9.70. The van der Waals surface area contributed by atoms with Crippen LogP contribution in [-0.2, 0) is 5.54 Å². The second-order valence-electron chi connectivity index (χ2n) is 16.1. The fourth-order valence-electron chi connectivity index (χ4n) is 9.33. The van der Waals surface area contributed by atoms with E-state index >= 15 is 0 Å². The fourth-order valence-corrected chi connectivity index (χ4v) is 9.33. The number of hydrazone groups is 1. The molecule has 1 unspecified atom stereocenters. The number of nitrogens with one attached hydrogen (secondary N) is 1. The Morgan fingerprint density at radius 2 is 1.18 bits per heavy atom. The van der Waals surface area contributed by atoms with Gasteiger partial charge in [0, 0.05) is 85.9 Å². The molecule has 1 aliphatic rings. The van der Waals surface area contributed by atoms with Gasteiger partial charge in [-0.15, -0.1) is 10.2 Å². The minimum atomic E-state index is -1.58. The van der Waals surface area contributed by atoms with Crippen LogP contribution in [0.5, 0.6) is 0 Å². The van der Waals surface area contributed by atoms with Gasteiger partial charge in [0.15, 0.2) is 17.2 Å². The molecule has 0 fully saturated rings. The highest BCUT2D eigenvalue weighted by Crippen LogP contribution is 2.55. The molecule has 0 spiro atoms. The van der Waals surface area contributed by atoms with Crippen LogP contribution in [0.2, 0.25) is 0 Å². The number of hydrogen-bond acceptors (Lipinski definition) is 15. The highest BCUT2D eigenvalue weighted by atomic mass is 15.4. The predicted octanol–water partition coefficient (Wildman–Crippen LogP) is 8.75. The summed E-state index contributed by atoms with van der Waals surface area (Å²) < 4.78 is 0. The number of pyridine rings is 2. The molecule has 0 radical (unpaired) electrons. The summed E-state index contributed by atoms with van der Waals surface area (Å²) in [7, 11) is 0. The molecule has 68 heavy (non-hydrogen) atoms. The minimum absolute atomic E-state index is 0.338. The van der Waals surface area contributed by atoms with E-state index in [2.05, 4.69) is 39.0 Å². The van der Waals surface area contributed by atoms with Crippen LogP contribution in [-0.4, -0.2) is 71.4 Å². The molecule has 1 atom stereocenters. The lowest BCUT2D eigenvalue weighted by molar-refractivity contribution is 0.450. The molecule has 1 N–H and O–H groups in total. The maximum Gasteiger partial charge on any atom is 0.181 e. The van der Waals surface area contributed by atoms with Gasteiger partial charge in [0.05, 0.1) is 39.8 Å². The third kappa shape index (κ3) is 6.14. The Bertz CT molecular complexity index is 3960. The van der Waals surface area contributed by atoms with E-state index < -0.39 is 5.54 Å². The van der Waals surface area contributed by atoms with Gasteiger partial charge in [-0.2, -0.15) is 25.5 Å². The standard InChI is InChI=1S/C53H31N15/c1-5-15-35-31(11-1)22-27-54-49(35)45-43(39-21-20-32-12-2-6-16-36(32)60-39)44(40-23-28-59-68-63-40)47(51-55-24-10-25-56-51)48-46(45)50(52-57-30-34-14-4-7-17-37(34)61-52)66-67-53(48,41-19-9-26-58-64-41)42-29-33-13-3-8-18-38(33)62-65-42/h1-30,67H. The summed E-state index contributed by atoms with van der Waals surface area (Å²) in [6.45, 7) is 0. The number of rotatable bonds is 7. The lowest BCUT2D eigenvalue weighted by Crippen LogP contribution is -2.49. The molecule has 318 valence electrons. The average Bonchev–Trinajstić information content (AvgIpc) is 3.42. The van der Waals surface area contributed by atoms with Crippen LogP contribution in [0.1, 0.15) is 28.3 Å². The summed E-state index contributed by atoms with van der Waals surface area (Å²) >= 11 is 0. The number of aromatic nitrogens is 13. The fraction of sp³-hybridized carbons (Fsp3) is 0.0189. The van der Waals surface area contributed by atoms with E-state index in [-0.39, 0.29) is 0 Å². The van der Waals surface area contributed by atoms with Crippen molar-refractivity contribution in [3.63, 3.8) is 0 Å². The van der Waals surface area contributed by atoms with Crippen molar-refractivity contribution in [1.82, 2.24) is 71.1 Å². The minimum Gasteiger partial charge on any atom is -0.286 e. The van der Waals surface area contributed by atoms with E-state index in [0.717, 1.165) is 38.0 Å². The Morgan fingerprint density at radius 3 is 2.00 bits per heavy atom. The zero-order chi connectivity index (χ0) is 45.0. The molecule has 5 aromatic carbocycles. The predicted molar refractivity (Wildman–Crippen MR) is 258 cm³/mol. The monoisotopic (exact) mass is 877 g/mol. The summed E-state index contributed by atoms with van der Waals surface area (Å²) in [5, 5.41) is 42.3. The summed E-state index contributed by atoms with van der Waals surface area (Å²) in [5.74, 6) is 0.686. The van der Waals surface area contributed by atoms with Crippen molar-refractivity contribution >= 4 is 49.2 Å². The van der Waals surface area contributed by atoms with E-state index in [1.54, 1.807) is 30.9 Å². The Hall–Kier alpha value is -9.76. The van der Waals surface area contributed by atoms with Gasteiger partial charge in [0.1, 0.15) is 17.1 Å². The van der Waals surface area contributed by atoms with Gasteiger partial charge in [0.2, 0.25) is 0 Å². The number of nitrogens with zero attached hydrogens (tertiary/aromatic N) is 14. The first-order valence-corrected chi connectivity index (χ1v) is 21.7. The zero-order valence-electron chi connectivity index (χ0n) is 35.6. The van der Waals surface area contributed by atoms with E-state index in [4.69, 9.17) is 55.4 Å². The smallest absolute Gasteiger partial charge is 0.181 e. The molecule has 13 rings (SSSR count). The third-order valence-electron chi connectivity index (χ3n) is 12.3. The average molecular weight is 878 g/mol. The first-order chi connectivity index (χ1) is 33.7. The first kappa shape index (κ1) is 38.7. The number of fused-ring (bicyclic) bond motifs is 5. The Kier molecular flexibility index (Phi) is 8.95. The second-order valence-corrected chi connectivity index (χ2v) is 16.1.